The third-order valence-corrected chi connectivity index (χ3v) is 3.48. The van der Waals surface area contributed by atoms with Gasteiger partial charge in [-0.15, -0.1) is 0 Å². The molecule has 1 atom stereocenters. The summed E-state index contributed by atoms with van der Waals surface area (Å²) in [5, 5.41) is 0. The minimum atomic E-state index is 0.0376. The molecule has 1 aromatic carbocycles. The highest BCUT2D eigenvalue weighted by Gasteiger charge is 2.13. The van der Waals surface area contributed by atoms with Gasteiger partial charge in [-0.25, -0.2) is 0 Å². The lowest BCUT2D eigenvalue weighted by molar-refractivity contribution is 0.129. The van der Waals surface area contributed by atoms with Crippen molar-refractivity contribution in [2.75, 3.05) is 47.1 Å². The molecule has 0 amide bonds. The highest BCUT2D eigenvalue weighted by Crippen LogP contribution is 2.16. The van der Waals surface area contributed by atoms with Crippen LogP contribution in [0.4, 0.5) is 0 Å². The van der Waals surface area contributed by atoms with E-state index in [4.69, 9.17) is 15.2 Å². The van der Waals surface area contributed by atoms with Crippen molar-refractivity contribution in [2.45, 2.75) is 19.4 Å². The van der Waals surface area contributed by atoms with Crippen LogP contribution in [0.5, 0.6) is 0 Å². The van der Waals surface area contributed by atoms with Crippen LogP contribution < -0.4 is 5.73 Å². The number of aryl methyl sites for hydroxylation is 1. The second kappa shape index (κ2) is 9.88. The number of benzene rings is 1. The maximum Gasteiger partial charge on any atom is 0.0589 e. The molecule has 0 radical (unpaired) electrons. The minimum Gasteiger partial charge on any atom is -0.385 e. The smallest absolute Gasteiger partial charge is 0.0589 e. The monoisotopic (exact) mass is 280 g/mol. The predicted molar refractivity (Wildman–Crippen MR) is 82.9 cm³/mol. The molecular formula is C16H28N2O2. The first kappa shape index (κ1) is 17.1. The Labute approximate surface area is 122 Å². The van der Waals surface area contributed by atoms with Crippen molar-refractivity contribution in [1.82, 2.24) is 4.90 Å². The van der Waals surface area contributed by atoms with Gasteiger partial charge in [0, 0.05) is 46.5 Å². The van der Waals surface area contributed by atoms with Crippen molar-refractivity contribution < 1.29 is 9.47 Å². The number of rotatable bonds is 10. The highest BCUT2D eigenvalue weighted by molar-refractivity contribution is 5.28. The second-order valence-corrected chi connectivity index (χ2v) is 5.10. The van der Waals surface area contributed by atoms with Crippen LogP contribution in [0.1, 0.15) is 23.6 Å². The van der Waals surface area contributed by atoms with Crippen molar-refractivity contribution in [3.63, 3.8) is 0 Å². The van der Waals surface area contributed by atoms with E-state index in [1.807, 2.05) is 12.1 Å². The lowest BCUT2D eigenvalue weighted by Crippen LogP contribution is -2.36. The summed E-state index contributed by atoms with van der Waals surface area (Å²) < 4.78 is 10.3. The number of nitrogens with zero attached hydrogens (tertiary/aromatic N) is 1. The molecule has 0 aromatic heterocycles. The molecule has 0 saturated heterocycles. The lowest BCUT2D eigenvalue weighted by atomic mass is 10.0. The van der Waals surface area contributed by atoms with Crippen LogP contribution in [0.2, 0.25) is 0 Å². The van der Waals surface area contributed by atoms with E-state index in [1.54, 1.807) is 14.2 Å². The minimum absolute atomic E-state index is 0.0376. The van der Waals surface area contributed by atoms with E-state index in [2.05, 4.69) is 24.0 Å². The number of hydrogen-bond acceptors (Lipinski definition) is 4. The zero-order valence-corrected chi connectivity index (χ0v) is 13.0. The summed E-state index contributed by atoms with van der Waals surface area (Å²) in [6.45, 7) is 6.35. The van der Waals surface area contributed by atoms with Crippen LogP contribution in [0, 0.1) is 6.92 Å². The summed E-state index contributed by atoms with van der Waals surface area (Å²) >= 11 is 0. The average Bonchev–Trinajstić information content (AvgIpc) is 2.45. The van der Waals surface area contributed by atoms with Gasteiger partial charge in [-0.1, -0.05) is 24.3 Å². The highest BCUT2D eigenvalue weighted by atomic mass is 16.5. The van der Waals surface area contributed by atoms with E-state index in [-0.39, 0.29) is 6.04 Å². The summed E-state index contributed by atoms with van der Waals surface area (Å²) in [5.41, 5.74) is 8.84. The maximum absolute atomic E-state index is 6.36. The Morgan fingerprint density at radius 3 is 2.45 bits per heavy atom. The molecule has 20 heavy (non-hydrogen) atoms. The first-order valence-electron chi connectivity index (χ1n) is 7.20. The Morgan fingerprint density at radius 2 is 1.80 bits per heavy atom. The fourth-order valence-corrected chi connectivity index (χ4v) is 2.33. The summed E-state index contributed by atoms with van der Waals surface area (Å²) in [5.74, 6) is 0. The molecule has 114 valence electrons. The van der Waals surface area contributed by atoms with Crippen LogP contribution >= 0.6 is 0 Å². The van der Waals surface area contributed by atoms with Crippen LogP contribution in [-0.4, -0.2) is 52.0 Å². The van der Waals surface area contributed by atoms with Crippen LogP contribution in [0.15, 0.2) is 24.3 Å². The molecule has 0 heterocycles. The van der Waals surface area contributed by atoms with Gasteiger partial charge in [0.15, 0.2) is 0 Å². The molecule has 4 heteroatoms. The summed E-state index contributed by atoms with van der Waals surface area (Å²) in [7, 11) is 3.47. The molecule has 0 saturated carbocycles. The molecular weight excluding hydrogens is 252 g/mol. The topological polar surface area (TPSA) is 47.7 Å². The number of hydrogen-bond donors (Lipinski definition) is 1. The van der Waals surface area contributed by atoms with Gasteiger partial charge in [-0.2, -0.15) is 0 Å². The van der Waals surface area contributed by atoms with Crippen LogP contribution in [0.3, 0.4) is 0 Å². The maximum atomic E-state index is 6.36. The van der Waals surface area contributed by atoms with Crippen molar-refractivity contribution in [1.29, 1.82) is 0 Å². The first-order chi connectivity index (χ1) is 9.69. The zero-order valence-electron chi connectivity index (χ0n) is 13.0. The Morgan fingerprint density at radius 1 is 1.10 bits per heavy atom. The standard InChI is InChI=1S/C16H28N2O2/c1-14-7-4-5-8-15(14)16(17)13-18(10-12-20-3)9-6-11-19-2/h4-5,7-8,16H,6,9-13,17H2,1-3H3. The van der Waals surface area contributed by atoms with Gasteiger partial charge >= 0.3 is 0 Å². The summed E-state index contributed by atoms with van der Waals surface area (Å²) in [6, 6.07) is 8.36. The van der Waals surface area contributed by atoms with Crippen molar-refractivity contribution >= 4 is 0 Å². The van der Waals surface area contributed by atoms with Crippen LogP contribution in [-0.2, 0) is 9.47 Å². The molecule has 0 aliphatic carbocycles. The van der Waals surface area contributed by atoms with Crippen molar-refractivity contribution in [3.8, 4) is 0 Å². The molecule has 4 nitrogen and oxygen atoms in total. The Balaban J connectivity index is 2.56. The van der Waals surface area contributed by atoms with E-state index in [1.165, 1.54) is 11.1 Å². The third-order valence-electron chi connectivity index (χ3n) is 3.48. The lowest BCUT2D eigenvalue weighted by Gasteiger charge is -2.26. The van der Waals surface area contributed by atoms with E-state index in [0.717, 1.165) is 39.3 Å². The molecule has 1 unspecified atom stereocenters. The number of ether oxygens (including phenoxy) is 2. The molecule has 0 aliphatic heterocycles. The van der Waals surface area contributed by atoms with Crippen molar-refractivity contribution in [2.24, 2.45) is 5.73 Å². The molecule has 0 spiro atoms. The van der Waals surface area contributed by atoms with Gasteiger partial charge in [-0.3, -0.25) is 4.90 Å². The Bertz CT molecular complexity index is 371. The number of methoxy groups -OCH3 is 2. The molecule has 1 rings (SSSR count). The molecule has 0 bridgehead atoms. The van der Waals surface area contributed by atoms with Gasteiger partial charge in [0.05, 0.1) is 6.61 Å². The second-order valence-electron chi connectivity index (χ2n) is 5.10. The van der Waals surface area contributed by atoms with E-state index >= 15 is 0 Å². The SMILES string of the molecule is COCCCN(CCOC)CC(N)c1ccccc1C. The zero-order chi connectivity index (χ0) is 14.8. The number of nitrogens with two attached hydrogens (primary N) is 1. The van der Waals surface area contributed by atoms with Crippen LogP contribution in [0.25, 0.3) is 0 Å². The fraction of sp³-hybridized carbons (Fsp3) is 0.625. The quantitative estimate of drug-likeness (QED) is 0.666. The summed E-state index contributed by atoms with van der Waals surface area (Å²) in [4.78, 5) is 2.35. The summed E-state index contributed by atoms with van der Waals surface area (Å²) in [6.07, 6.45) is 1.01. The van der Waals surface area contributed by atoms with E-state index < -0.39 is 0 Å². The van der Waals surface area contributed by atoms with Gasteiger partial charge in [0.25, 0.3) is 0 Å². The molecule has 0 fully saturated rings. The Hall–Kier alpha value is -0.940. The van der Waals surface area contributed by atoms with E-state index in [0.29, 0.717) is 0 Å². The molecule has 2 N–H and O–H groups in total. The van der Waals surface area contributed by atoms with Gasteiger partial charge in [0.2, 0.25) is 0 Å². The van der Waals surface area contributed by atoms with E-state index in [9.17, 15) is 0 Å². The normalized spacial score (nSPS) is 12.8. The van der Waals surface area contributed by atoms with Gasteiger partial charge in [0.1, 0.15) is 0 Å². The van der Waals surface area contributed by atoms with Gasteiger partial charge < -0.3 is 15.2 Å². The van der Waals surface area contributed by atoms with Crippen molar-refractivity contribution in [3.05, 3.63) is 35.4 Å². The predicted octanol–water partition coefficient (Wildman–Crippen LogP) is 1.98. The van der Waals surface area contributed by atoms with Gasteiger partial charge in [-0.05, 0) is 24.5 Å². The largest absolute Gasteiger partial charge is 0.385 e. The fourth-order valence-electron chi connectivity index (χ4n) is 2.33. The third kappa shape index (κ3) is 6.01. The first-order valence-corrected chi connectivity index (χ1v) is 7.20. The molecule has 0 aliphatic rings. The average molecular weight is 280 g/mol. The molecule has 1 aromatic rings. The Kier molecular flexibility index (Phi) is 8.46.